The lowest BCUT2D eigenvalue weighted by molar-refractivity contribution is 0.409. The Hall–Kier alpha value is -1.00. The summed E-state index contributed by atoms with van der Waals surface area (Å²) in [5.41, 5.74) is 3.54. The third-order valence-electron chi connectivity index (χ3n) is 2.87. The summed E-state index contributed by atoms with van der Waals surface area (Å²) in [5.74, 6) is 0.960. The van der Waals surface area contributed by atoms with Gasteiger partial charge in [0.25, 0.3) is 0 Å². The van der Waals surface area contributed by atoms with Gasteiger partial charge in [-0.1, -0.05) is 0 Å². The maximum atomic E-state index is 4.59. The van der Waals surface area contributed by atoms with Crippen LogP contribution >= 0.6 is 0 Å². The highest BCUT2D eigenvalue weighted by Crippen LogP contribution is 2.11. The maximum Gasteiger partial charge on any atom is 0.130 e. The minimum Gasteiger partial charge on any atom is -0.319 e. The van der Waals surface area contributed by atoms with Crippen LogP contribution < -0.4 is 5.32 Å². The average Bonchev–Trinajstić information content (AvgIpc) is 2.25. The first-order valence-electron chi connectivity index (χ1n) is 6.17. The van der Waals surface area contributed by atoms with Gasteiger partial charge in [0.05, 0.1) is 0 Å². The first-order chi connectivity index (χ1) is 8.04. The summed E-state index contributed by atoms with van der Waals surface area (Å²) >= 11 is 0. The number of likely N-dealkylation sites (N-methyl/N-ethyl adjacent to an activating group) is 2. The number of hydrogen-bond acceptors (Lipinski definition) is 4. The highest BCUT2D eigenvalue weighted by Gasteiger charge is 2.08. The van der Waals surface area contributed by atoms with Gasteiger partial charge in [0.1, 0.15) is 5.82 Å². The van der Waals surface area contributed by atoms with Gasteiger partial charge >= 0.3 is 0 Å². The van der Waals surface area contributed by atoms with Crippen LogP contribution in [-0.4, -0.2) is 49.1 Å². The number of rotatable bonds is 6. The molecule has 0 saturated carbocycles. The van der Waals surface area contributed by atoms with E-state index < -0.39 is 0 Å². The lowest BCUT2D eigenvalue weighted by Gasteiger charge is -2.12. The Balaban J connectivity index is 2.78. The molecule has 0 aliphatic carbocycles. The van der Waals surface area contributed by atoms with Crippen LogP contribution in [0.25, 0.3) is 0 Å². The fraction of sp³-hybridized carbons (Fsp3) is 0.692. The van der Waals surface area contributed by atoms with Gasteiger partial charge in [-0.15, -0.1) is 0 Å². The molecule has 0 fully saturated rings. The molecule has 17 heavy (non-hydrogen) atoms. The summed E-state index contributed by atoms with van der Waals surface area (Å²) in [6.45, 7) is 6.13. The number of aromatic nitrogens is 2. The summed E-state index contributed by atoms with van der Waals surface area (Å²) in [7, 11) is 6.11. The smallest absolute Gasteiger partial charge is 0.130 e. The van der Waals surface area contributed by atoms with E-state index in [9.17, 15) is 0 Å². The summed E-state index contributed by atoms with van der Waals surface area (Å²) in [6, 6.07) is 0. The lowest BCUT2D eigenvalue weighted by atomic mass is 10.1. The second-order valence-electron chi connectivity index (χ2n) is 4.70. The van der Waals surface area contributed by atoms with Gasteiger partial charge in [-0.3, -0.25) is 0 Å². The third kappa shape index (κ3) is 4.40. The Morgan fingerprint density at radius 3 is 2.12 bits per heavy atom. The Bertz CT molecular complexity index is 337. The fourth-order valence-corrected chi connectivity index (χ4v) is 1.86. The first-order valence-corrected chi connectivity index (χ1v) is 6.17. The molecule has 0 aromatic carbocycles. The maximum absolute atomic E-state index is 4.59. The van der Waals surface area contributed by atoms with Crippen molar-refractivity contribution in [3.05, 3.63) is 22.8 Å². The lowest BCUT2D eigenvalue weighted by Crippen LogP contribution is -2.18. The van der Waals surface area contributed by atoms with Gasteiger partial charge in [0.15, 0.2) is 0 Å². The van der Waals surface area contributed by atoms with Gasteiger partial charge in [-0.2, -0.15) is 0 Å². The van der Waals surface area contributed by atoms with Gasteiger partial charge in [-0.25, -0.2) is 9.97 Å². The fourth-order valence-electron chi connectivity index (χ4n) is 1.86. The standard InChI is InChI=1S/C13H24N4/c1-10-12(6-8-14-3)11(2)16-13(15-10)7-9-17(4)5/h14H,6-9H2,1-5H3. The molecule has 0 unspecified atom stereocenters. The molecule has 4 nitrogen and oxygen atoms in total. The zero-order valence-electron chi connectivity index (χ0n) is 11.7. The summed E-state index contributed by atoms with van der Waals surface area (Å²) < 4.78 is 0. The zero-order valence-corrected chi connectivity index (χ0v) is 11.7. The van der Waals surface area contributed by atoms with Crippen molar-refractivity contribution >= 4 is 0 Å². The van der Waals surface area contributed by atoms with Crippen LogP contribution in [0.1, 0.15) is 22.8 Å². The monoisotopic (exact) mass is 236 g/mol. The van der Waals surface area contributed by atoms with Gasteiger partial charge in [-0.05, 0) is 53.5 Å². The Morgan fingerprint density at radius 2 is 1.65 bits per heavy atom. The Labute approximate surface area is 104 Å². The predicted molar refractivity (Wildman–Crippen MR) is 71.4 cm³/mol. The number of aryl methyl sites for hydroxylation is 2. The summed E-state index contributed by atoms with van der Waals surface area (Å²) in [6.07, 6.45) is 1.92. The molecule has 0 saturated heterocycles. The minimum atomic E-state index is 0.918. The topological polar surface area (TPSA) is 41.1 Å². The molecule has 1 heterocycles. The molecule has 0 spiro atoms. The molecule has 0 aliphatic rings. The van der Waals surface area contributed by atoms with Crippen LogP contribution in [0.15, 0.2) is 0 Å². The van der Waals surface area contributed by atoms with Gasteiger partial charge in [0, 0.05) is 24.4 Å². The van der Waals surface area contributed by atoms with Crippen LogP contribution in [0, 0.1) is 13.8 Å². The summed E-state index contributed by atoms with van der Waals surface area (Å²) in [4.78, 5) is 11.3. The Morgan fingerprint density at radius 1 is 1.06 bits per heavy atom. The van der Waals surface area contributed by atoms with E-state index in [2.05, 4.69) is 48.1 Å². The largest absolute Gasteiger partial charge is 0.319 e. The highest BCUT2D eigenvalue weighted by molar-refractivity contribution is 5.24. The summed E-state index contributed by atoms with van der Waals surface area (Å²) in [5, 5.41) is 3.16. The molecule has 0 atom stereocenters. The molecule has 96 valence electrons. The van der Waals surface area contributed by atoms with Crippen LogP contribution in [0.5, 0.6) is 0 Å². The van der Waals surface area contributed by atoms with E-state index in [-0.39, 0.29) is 0 Å². The van der Waals surface area contributed by atoms with E-state index in [1.165, 1.54) is 5.56 Å². The SMILES string of the molecule is CNCCc1c(C)nc(CCN(C)C)nc1C. The number of nitrogens with one attached hydrogen (secondary N) is 1. The van der Waals surface area contributed by atoms with E-state index in [0.29, 0.717) is 0 Å². The average molecular weight is 236 g/mol. The van der Waals surface area contributed by atoms with Crippen molar-refractivity contribution < 1.29 is 0 Å². The molecule has 1 aromatic rings. The van der Waals surface area contributed by atoms with Crippen LogP contribution in [0.2, 0.25) is 0 Å². The third-order valence-corrected chi connectivity index (χ3v) is 2.87. The van der Waals surface area contributed by atoms with E-state index in [0.717, 1.165) is 43.1 Å². The van der Waals surface area contributed by atoms with E-state index in [1.54, 1.807) is 0 Å². The molecule has 1 N–H and O–H groups in total. The van der Waals surface area contributed by atoms with E-state index in [1.807, 2.05) is 7.05 Å². The number of nitrogens with zero attached hydrogens (tertiary/aromatic N) is 3. The van der Waals surface area contributed by atoms with Crippen molar-refractivity contribution in [2.24, 2.45) is 0 Å². The second kappa shape index (κ2) is 6.67. The van der Waals surface area contributed by atoms with Crippen molar-refractivity contribution in [3.63, 3.8) is 0 Å². The van der Waals surface area contributed by atoms with Crippen molar-refractivity contribution in [3.8, 4) is 0 Å². The molecule has 1 rings (SSSR count). The van der Waals surface area contributed by atoms with Crippen LogP contribution in [-0.2, 0) is 12.8 Å². The normalized spacial score (nSPS) is 11.2. The molecule has 0 aliphatic heterocycles. The Kier molecular flexibility index (Phi) is 5.51. The van der Waals surface area contributed by atoms with Crippen LogP contribution in [0.4, 0.5) is 0 Å². The molecular weight excluding hydrogens is 212 g/mol. The van der Waals surface area contributed by atoms with Crippen molar-refractivity contribution in [1.29, 1.82) is 0 Å². The quantitative estimate of drug-likeness (QED) is 0.799. The van der Waals surface area contributed by atoms with Gasteiger partial charge in [0.2, 0.25) is 0 Å². The predicted octanol–water partition coefficient (Wildman–Crippen LogP) is 0.959. The first kappa shape index (κ1) is 14.1. The second-order valence-corrected chi connectivity index (χ2v) is 4.70. The highest BCUT2D eigenvalue weighted by atomic mass is 15.1. The van der Waals surface area contributed by atoms with Crippen LogP contribution in [0.3, 0.4) is 0 Å². The minimum absolute atomic E-state index is 0.918. The number of hydrogen-bond donors (Lipinski definition) is 1. The van der Waals surface area contributed by atoms with E-state index in [4.69, 9.17) is 0 Å². The van der Waals surface area contributed by atoms with Gasteiger partial charge < -0.3 is 10.2 Å². The van der Waals surface area contributed by atoms with E-state index >= 15 is 0 Å². The molecule has 0 amide bonds. The van der Waals surface area contributed by atoms with Crippen molar-refractivity contribution in [2.75, 3.05) is 34.2 Å². The van der Waals surface area contributed by atoms with Crippen molar-refractivity contribution in [2.45, 2.75) is 26.7 Å². The molecule has 0 radical (unpaired) electrons. The molecule has 0 bridgehead atoms. The molecule has 1 aromatic heterocycles. The molecular formula is C13H24N4. The zero-order chi connectivity index (χ0) is 12.8. The molecule has 4 heteroatoms. The van der Waals surface area contributed by atoms with Crippen molar-refractivity contribution in [1.82, 2.24) is 20.2 Å².